The second kappa shape index (κ2) is 5.67. The first-order valence-corrected chi connectivity index (χ1v) is 6.92. The van der Waals surface area contributed by atoms with Gasteiger partial charge in [-0.3, -0.25) is 10.0 Å². The zero-order chi connectivity index (χ0) is 13.8. The highest BCUT2D eigenvalue weighted by molar-refractivity contribution is 7.92. The highest BCUT2D eigenvalue weighted by Crippen LogP contribution is 2.23. The molecule has 0 aromatic heterocycles. The molecular formula is C10H13FN2O4S. The van der Waals surface area contributed by atoms with E-state index >= 15 is 0 Å². The van der Waals surface area contributed by atoms with Crippen molar-refractivity contribution < 1.29 is 22.3 Å². The fourth-order valence-electron chi connectivity index (χ4n) is 1.19. The fraction of sp³-hybridized carbons (Fsp3) is 0.300. The van der Waals surface area contributed by atoms with Crippen LogP contribution in [0.2, 0.25) is 0 Å². The lowest BCUT2D eigenvalue weighted by molar-refractivity contribution is 0.168. The van der Waals surface area contributed by atoms with E-state index in [0.29, 0.717) is 0 Å². The number of halogens is 1. The van der Waals surface area contributed by atoms with Gasteiger partial charge in [0.2, 0.25) is 10.0 Å². The molecule has 1 aromatic rings. The van der Waals surface area contributed by atoms with Crippen molar-refractivity contribution in [3.05, 3.63) is 24.0 Å². The van der Waals surface area contributed by atoms with E-state index in [-0.39, 0.29) is 18.0 Å². The predicted octanol–water partition coefficient (Wildman–Crippen LogP) is 1.77. The zero-order valence-electron chi connectivity index (χ0n) is 9.86. The van der Waals surface area contributed by atoms with Gasteiger partial charge in [0.1, 0.15) is 5.82 Å². The van der Waals surface area contributed by atoms with E-state index in [4.69, 9.17) is 0 Å². The summed E-state index contributed by atoms with van der Waals surface area (Å²) in [5.74, 6) is -0.610. The summed E-state index contributed by atoms with van der Waals surface area (Å²) >= 11 is 0. The first kappa shape index (κ1) is 14.2. The number of amides is 1. The molecule has 0 saturated heterocycles. The topological polar surface area (TPSA) is 84.5 Å². The van der Waals surface area contributed by atoms with Crippen LogP contribution in [-0.4, -0.2) is 27.4 Å². The third kappa shape index (κ3) is 4.58. The lowest BCUT2D eigenvalue weighted by atomic mass is 10.2. The molecule has 0 aliphatic rings. The molecule has 2 N–H and O–H groups in total. The molecule has 18 heavy (non-hydrogen) atoms. The predicted molar refractivity (Wildman–Crippen MR) is 65.5 cm³/mol. The lowest BCUT2D eigenvalue weighted by Gasteiger charge is -2.11. The normalized spacial score (nSPS) is 10.8. The molecule has 100 valence electrons. The molecule has 6 nitrogen and oxygen atoms in total. The van der Waals surface area contributed by atoms with Crippen molar-refractivity contribution in [3.8, 4) is 0 Å². The molecule has 0 aliphatic carbocycles. The Labute approximate surface area is 104 Å². The molecule has 0 aliphatic heterocycles. The Morgan fingerprint density at radius 2 is 2.06 bits per heavy atom. The summed E-state index contributed by atoms with van der Waals surface area (Å²) in [6.07, 6.45) is 0.157. The number of hydrogen-bond acceptors (Lipinski definition) is 4. The van der Waals surface area contributed by atoms with Gasteiger partial charge in [-0.25, -0.2) is 17.6 Å². The summed E-state index contributed by atoms with van der Waals surface area (Å²) in [6, 6.07) is 3.27. The van der Waals surface area contributed by atoms with Gasteiger partial charge in [-0.15, -0.1) is 0 Å². The summed E-state index contributed by atoms with van der Waals surface area (Å²) in [7, 11) is -3.53. The van der Waals surface area contributed by atoms with Gasteiger partial charge < -0.3 is 4.74 Å². The molecule has 8 heteroatoms. The number of anilines is 2. The average Bonchev–Trinajstić information content (AvgIpc) is 2.20. The summed E-state index contributed by atoms with van der Waals surface area (Å²) in [4.78, 5) is 11.2. The van der Waals surface area contributed by atoms with Crippen molar-refractivity contribution in [2.24, 2.45) is 0 Å². The maximum absolute atomic E-state index is 13.0. The van der Waals surface area contributed by atoms with Crippen LogP contribution in [0, 0.1) is 5.82 Å². The highest BCUT2D eigenvalue weighted by Gasteiger charge is 2.11. The van der Waals surface area contributed by atoms with Crippen LogP contribution < -0.4 is 10.0 Å². The summed E-state index contributed by atoms with van der Waals surface area (Å²) < 4.78 is 42.0. The molecule has 1 amide bonds. The van der Waals surface area contributed by atoms with E-state index < -0.39 is 21.9 Å². The standard InChI is InChI=1S/C10H13FN2O4S/c1-3-17-10(14)12-9-6-7(11)4-5-8(9)13-18(2,15)16/h4-6,13H,3H2,1-2H3,(H,12,14). The van der Waals surface area contributed by atoms with Gasteiger partial charge in [0, 0.05) is 0 Å². The van der Waals surface area contributed by atoms with E-state index in [1.807, 2.05) is 0 Å². The van der Waals surface area contributed by atoms with Gasteiger partial charge >= 0.3 is 6.09 Å². The van der Waals surface area contributed by atoms with E-state index in [9.17, 15) is 17.6 Å². The van der Waals surface area contributed by atoms with Gasteiger partial charge in [0.25, 0.3) is 0 Å². The van der Waals surface area contributed by atoms with Gasteiger partial charge in [-0.2, -0.15) is 0 Å². The maximum atomic E-state index is 13.0. The highest BCUT2D eigenvalue weighted by atomic mass is 32.2. The number of rotatable bonds is 4. The minimum atomic E-state index is -3.53. The van der Waals surface area contributed by atoms with Gasteiger partial charge in [0.15, 0.2) is 0 Å². The van der Waals surface area contributed by atoms with Gasteiger partial charge in [0.05, 0.1) is 24.2 Å². The van der Waals surface area contributed by atoms with Crippen LogP contribution in [0.25, 0.3) is 0 Å². The monoisotopic (exact) mass is 276 g/mol. The van der Waals surface area contributed by atoms with Gasteiger partial charge in [-0.05, 0) is 25.1 Å². The largest absolute Gasteiger partial charge is 0.450 e. The van der Waals surface area contributed by atoms with E-state index in [1.54, 1.807) is 6.92 Å². The molecule has 0 spiro atoms. The Hall–Kier alpha value is -1.83. The number of carbonyl (C=O) groups is 1. The molecule has 0 radical (unpaired) electrons. The molecule has 0 fully saturated rings. The molecular weight excluding hydrogens is 263 g/mol. The Kier molecular flexibility index (Phi) is 4.49. The molecule has 0 bridgehead atoms. The van der Waals surface area contributed by atoms with Crippen LogP contribution in [0.3, 0.4) is 0 Å². The van der Waals surface area contributed by atoms with Crippen LogP contribution in [0.15, 0.2) is 18.2 Å². The summed E-state index contributed by atoms with van der Waals surface area (Å²) in [5.41, 5.74) is 0.0471. The third-order valence-electron chi connectivity index (χ3n) is 1.79. The van der Waals surface area contributed by atoms with Crippen molar-refractivity contribution >= 4 is 27.5 Å². The minimum absolute atomic E-state index is 0.0149. The minimum Gasteiger partial charge on any atom is -0.450 e. The smallest absolute Gasteiger partial charge is 0.411 e. The second-order valence-corrected chi connectivity index (χ2v) is 5.16. The third-order valence-corrected chi connectivity index (χ3v) is 2.38. The van der Waals surface area contributed by atoms with Crippen LogP contribution in [-0.2, 0) is 14.8 Å². The number of hydrogen-bond donors (Lipinski definition) is 2. The summed E-state index contributed by atoms with van der Waals surface area (Å²) in [6.45, 7) is 1.76. The van der Waals surface area contributed by atoms with Crippen LogP contribution in [0.4, 0.5) is 20.6 Å². The number of ether oxygens (including phenoxy) is 1. The zero-order valence-corrected chi connectivity index (χ0v) is 10.7. The van der Waals surface area contributed by atoms with Crippen LogP contribution in [0.5, 0.6) is 0 Å². The maximum Gasteiger partial charge on any atom is 0.411 e. The number of benzene rings is 1. The van der Waals surface area contributed by atoms with Gasteiger partial charge in [-0.1, -0.05) is 0 Å². The van der Waals surface area contributed by atoms with E-state index in [2.05, 4.69) is 14.8 Å². The van der Waals surface area contributed by atoms with Crippen molar-refractivity contribution in [1.82, 2.24) is 0 Å². The molecule has 0 atom stereocenters. The molecule has 1 rings (SSSR count). The number of nitrogens with one attached hydrogen (secondary N) is 2. The van der Waals surface area contributed by atoms with E-state index in [0.717, 1.165) is 18.4 Å². The molecule has 0 unspecified atom stereocenters. The first-order valence-electron chi connectivity index (χ1n) is 5.03. The Bertz CT molecular complexity index is 545. The molecule has 1 aromatic carbocycles. The molecule has 0 heterocycles. The summed E-state index contributed by atoms with van der Waals surface area (Å²) in [5, 5.41) is 2.25. The average molecular weight is 276 g/mol. The Balaban J connectivity index is 3.00. The van der Waals surface area contributed by atoms with E-state index in [1.165, 1.54) is 6.07 Å². The first-order chi connectivity index (χ1) is 8.31. The van der Waals surface area contributed by atoms with Crippen molar-refractivity contribution in [2.75, 3.05) is 22.9 Å². The number of sulfonamides is 1. The van der Waals surface area contributed by atoms with Crippen LogP contribution >= 0.6 is 0 Å². The Morgan fingerprint density at radius 1 is 1.39 bits per heavy atom. The van der Waals surface area contributed by atoms with Crippen molar-refractivity contribution in [1.29, 1.82) is 0 Å². The molecule has 0 saturated carbocycles. The van der Waals surface area contributed by atoms with Crippen molar-refractivity contribution in [3.63, 3.8) is 0 Å². The lowest BCUT2D eigenvalue weighted by Crippen LogP contribution is -2.17. The number of carbonyl (C=O) groups excluding carboxylic acids is 1. The Morgan fingerprint density at radius 3 is 2.61 bits per heavy atom. The second-order valence-electron chi connectivity index (χ2n) is 3.41. The SMILES string of the molecule is CCOC(=O)Nc1cc(F)ccc1NS(C)(=O)=O. The van der Waals surface area contributed by atoms with Crippen molar-refractivity contribution in [2.45, 2.75) is 6.92 Å². The van der Waals surface area contributed by atoms with Crippen LogP contribution in [0.1, 0.15) is 6.92 Å². The quantitative estimate of drug-likeness (QED) is 0.877. The fourth-order valence-corrected chi connectivity index (χ4v) is 1.76.